The lowest BCUT2D eigenvalue weighted by Crippen LogP contribution is -2.47. The van der Waals surface area contributed by atoms with Gasteiger partial charge in [0.2, 0.25) is 0 Å². The van der Waals surface area contributed by atoms with Crippen molar-refractivity contribution >= 4 is 34.2 Å². The smallest absolute Gasteiger partial charge is 0.255 e. The maximum absolute atomic E-state index is 12.4. The highest BCUT2D eigenvalue weighted by molar-refractivity contribution is 9.10. The molecule has 0 bridgehead atoms. The molecule has 0 saturated carbocycles. The monoisotopic (exact) mass is 332 g/mol. The molecule has 0 spiro atoms. The van der Waals surface area contributed by atoms with Gasteiger partial charge in [-0.2, -0.15) is 0 Å². The molecule has 0 aromatic heterocycles. The largest absolute Gasteiger partial charge is 0.334 e. The summed E-state index contributed by atoms with van der Waals surface area (Å²) < 4.78 is 0.853. The topological polar surface area (TPSA) is 46.3 Å². The molecule has 2 rings (SSSR count). The van der Waals surface area contributed by atoms with Gasteiger partial charge in [0.15, 0.2) is 0 Å². The fourth-order valence-electron chi connectivity index (χ4n) is 2.30. The van der Waals surface area contributed by atoms with Crippen LogP contribution >= 0.6 is 28.3 Å². The number of carbonyl (C=O) groups excluding carboxylic acids is 1. The first-order valence-corrected chi connectivity index (χ1v) is 6.79. The van der Waals surface area contributed by atoms with Crippen LogP contribution in [0.4, 0.5) is 0 Å². The first-order valence-electron chi connectivity index (χ1n) is 5.99. The van der Waals surface area contributed by atoms with Crippen molar-refractivity contribution in [1.29, 1.82) is 0 Å². The van der Waals surface area contributed by atoms with Crippen molar-refractivity contribution in [3.8, 4) is 0 Å². The van der Waals surface area contributed by atoms with Crippen LogP contribution in [0.25, 0.3) is 0 Å². The fraction of sp³-hybridized carbons (Fsp3) is 0.462. The molecule has 1 atom stereocenters. The van der Waals surface area contributed by atoms with Crippen LogP contribution in [0.1, 0.15) is 29.6 Å². The van der Waals surface area contributed by atoms with E-state index >= 15 is 0 Å². The second kappa shape index (κ2) is 7.12. The van der Waals surface area contributed by atoms with Crippen LogP contribution in [-0.2, 0) is 0 Å². The van der Waals surface area contributed by atoms with Crippen molar-refractivity contribution in [3.63, 3.8) is 0 Å². The highest BCUT2D eigenvalue weighted by Crippen LogP contribution is 2.23. The van der Waals surface area contributed by atoms with Gasteiger partial charge in [0, 0.05) is 23.6 Å². The molecule has 0 radical (unpaired) electrons. The molecule has 1 saturated heterocycles. The summed E-state index contributed by atoms with van der Waals surface area (Å²) in [6.07, 6.45) is 3.26. The van der Waals surface area contributed by atoms with Gasteiger partial charge in [0.05, 0.1) is 5.56 Å². The summed E-state index contributed by atoms with van der Waals surface area (Å²) in [4.78, 5) is 14.4. The van der Waals surface area contributed by atoms with Crippen molar-refractivity contribution in [1.82, 2.24) is 4.90 Å². The average Bonchev–Trinajstić information content (AvgIpc) is 2.38. The summed E-state index contributed by atoms with van der Waals surface area (Å²) >= 11 is 3.43. The van der Waals surface area contributed by atoms with Gasteiger partial charge in [0.25, 0.3) is 5.91 Å². The first kappa shape index (κ1) is 15.5. The lowest BCUT2D eigenvalue weighted by Gasteiger charge is -2.35. The first-order chi connectivity index (χ1) is 8.24. The Morgan fingerprint density at radius 3 is 2.78 bits per heavy atom. The molecule has 1 aromatic carbocycles. The van der Waals surface area contributed by atoms with E-state index in [0.717, 1.165) is 29.4 Å². The molecule has 1 aliphatic heterocycles. The zero-order valence-electron chi connectivity index (χ0n) is 10.1. The fourth-order valence-corrected chi connectivity index (χ4v) is 2.76. The van der Waals surface area contributed by atoms with Crippen molar-refractivity contribution < 1.29 is 4.79 Å². The maximum atomic E-state index is 12.4. The standard InChI is InChI=1S/C13H17BrN2O.ClH/c14-12-7-2-1-6-11(12)13(17)16-8-4-3-5-10(16)9-15;/h1-2,6-7,10H,3-5,8-9,15H2;1H. The number of nitrogens with zero attached hydrogens (tertiary/aromatic N) is 1. The Morgan fingerprint density at radius 1 is 1.39 bits per heavy atom. The number of hydrogen-bond acceptors (Lipinski definition) is 2. The molecule has 1 heterocycles. The minimum atomic E-state index is 0. The molecule has 2 N–H and O–H groups in total. The number of halogens is 2. The Hall–Kier alpha value is -0.580. The van der Waals surface area contributed by atoms with E-state index in [1.54, 1.807) is 0 Å². The molecule has 1 fully saturated rings. The van der Waals surface area contributed by atoms with Crippen LogP contribution in [0, 0.1) is 0 Å². The summed E-state index contributed by atoms with van der Waals surface area (Å²) in [5.74, 6) is 0.0904. The number of rotatable bonds is 2. The quantitative estimate of drug-likeness (QED) is 0.904. The van der Waals surface area contributed by atoms with E-state index in [2.05, 4.69) is 15.9 Å². The number of likely N-dealkylation sites (tertiary alicyclic amines) is 1. The molecule has 1 aliphatic rings. The third kappa shape index (κ3) is 3.25. The second-order valence-corrected chi connectivity index (χ2v) is 5.22. The number of piperidine rings is 1. The van der Waals surface area contributed by atoms with Crippen LogP contribution in [0.2, 0.25) is 0 Å². The Labute approximate surface area is 122 Å². The molecular weight excluding hydrogens is 316 g/mol. The predicted molar refractivity (Wildman–Crippen MR) is 79.1 cm³/mol. The minimum Gasteiger partial charge on any atom is -0.334 e. The average molecular weight is 334 g/mol. The van der Waals surface area contributed by atoms with Gasteiger partial charge in [-0.15, -0.1) is 12.4 Å². The lowest BCUT2D eigenvalue weighted by molar-refractivity contribution is 0.0622. The van der Waals surface area contributed by atoms with Gasteiger partial charge >= 0.3 is 0 Å². The van der Waals surface area contributed by atoms with Crippen LogP contribution in [0.5, 0.6) is 0 Å². The summed E-state index contributed by atoms with van der Waals surface area (Å²) in [5.41, 5.74) is 6.47. The van der Waals surface area contributed by atoms with Crippen molar-refractivity contribution in [2.45, 2.75) is 25.3 Å². The van der Waals surface area contributed by atoms with Crippen LogP contribution < -0.4 is 5.73 Å². The van der Waals surface area contributed by atoms with Crippen LogP contribution in [0.3, 0.4) is 0 Å². The SMILES string of the molecule is Cl.NCC1CCCCN1C(=O)c1ccccc1Br. The lowest BCUT2D eigenvalue weighted by atomic mass is 10.0. The van der Waals surface area contributed by atoms with Gasteiger partial charge < -0.3 is 10.6 Å². The summed E-state index contributed by atoms with van der Waals surface area (Å²) in [7, 11) is 0. The van der Waals surface area contributed by atoms with E-state index < -0.39 is 0 Å². The highest BCUT2D eigenvalue weighted by atomic mass is 79.9. The van der Waals surface area contributed by atoms with Gasteiger partial charge in [-0.25, -0.2) is 0 Å². The minimum absolute atomic E-state index is 0. The van der Waals surface area contributed by atoms with Crippen LogP contribution in [0.15, 0.2) is 28.7 Å². The Bertz CT molecular complexity index is 414. The molecular formula is C13H18BrClN2O. The second-order valence-electron chi connectivity index (χ2n) is 4.36. The number of carbonyl (C=O) groups is 1. The number of benzene rings is 1. The van der Waals surface area contributed by atoms with Gasteiger partial charge in [0.1, 0.15) is 0 Å². The van der Waals surface area contributed by atoms with Crippen LogP contribution in [-0.4, -0.2) is 29.9 Å². The summed E-state index contributed by atoms with van der Waals surface area (Å²) in [5, 5.41) is 0. The van der Waals surface area contributed by atoms with E-state index in [0.29, 0.717) is 6.54 Å². The third-order valence-electron chi connectivity index (χ3n) is 3.26. The predicted octanol–water partition coefficient (Wildman–Crippen LogP) is 2.82. The number of nitrogens with two attached hydrogens (primary N) is 1. The van der Waals surface area contributed by atoms with E-state index in [9.17, 15) is 4.79 Å². The van der Waals surface area contributed by atoms with Gasteiger partial charge in [-0.05, 0) is 47.3 Å². The third-order valence-corrected chi connectivity index (χ3v) is 3.96. The number of hydrogen-bond donors (Lipinski definition) is 1. The highest BCUT2D eigenvalue weighted by Gasteiger charge is 2.27. The van der Waals surface area contributed by atoms with Gasteiger partial charge in [-0.3, -0.25) is 4.79 Å². The van der Waals surface area contributed by atoms with Crippen molar-refractivity contribution in [2.75, 3.05) is 13.1 Å². The molecule has 5 heteroatoms. The van der Waals surface area contributed by atoms with E-state index in [4.69, 9.17) is 5.73 Å². The Morgan fingerprint density at radius 2 is 2.11 bits per heavy atom. The van der Waals surface area contributed by atoms with Crippen molar-refractivity contribution in [2.24, 2.45) is 5.73 Å². The molecule has 100 valence electrons. The van der Waals surface area contributed by atoms with Gasteiger partial charge in [-0.1, -0.05) is 12.1 Å². The molecule has 0 aliphatic carbocycles. The summed E-state index contributed by atoms with van der Waals surface area (Å²) in [6.45, 7) is 1.37. The Balaban J connectivity index is 0.00000162. The van der Waals surface area contributed by atoms with Crippen molar-refractivity contribution in [3.05, 3.63) is 34.3 Å². The van der Waals surface area contributed by atoms with E-state index in [-0.39, 0.29) is 24.4 Å². The van der Waals surface area contributed by atoms with E-state index in [1.807, 2.05) is 29.2 Å². The number of amides is 1. The summed E-state index contributed by atoms with van der Waals surface area (Å²) in [6, 6.07) is 7.75. The normalized spacial score (nSPS) is 19.2. The molecule has 1 amide bonds. The zero-order chi connectivity index (χ0) is 12.3. The molecule has 3 nitrogen and oxygen atoms in total. The molecule has 18 heavy (non-hydrogen) atoms. The van der Waals surface area contributed by atoms with E-state index in [1.165, 1.54) is 6.42 Å². The Kier molecular flexibility index (Phi) is 6.12. The molecule has 1 unspecified atom stereocenters. The maximum Gasteiger partial charge on any atom is 0.255 e. The molecule has 1 aromatic rings. The zero-order valence-corrected chi connectivity index (χ0v) is 12.5.